The molecule has 0 aliphatic rings. The van der Waals surface area contributed by atoms with Gasteiger partial charge in [-0.3, -0.25) is 0 Å². The predicted octanol–water partition coefficient (Wildman–Crippen LogP) is 16.0. The highest BCUT2D eigenvalue weighted by atomic mass is 32.1. The first-order valence-electron chi connectivity index (χ1n) is 20.5. The standard InChI is InChI=1S/C56H35N3OS/c1-3-15-36(16-4-1)38-29-31-42(32-30-38)59(48-24-12-9-21-44(48)39-18-5-2-6-19-39)43-34-47(52-45-22-10-13-25-49(45)60-50(52)35-43)56-57-53(41-28-27-37-17-7-8-20-40(37)33-41)55-54(58-56)46-23-11-14-26-51(46)61-55/h1-35H. The van der Waals surface area contributed by atoms with Crippen LogP contribution in [0.25, 0.3) is 97.9 Å². The molecule has 12 rings (SSSR count). The number of benzene rings is 9. The summed E-state index contributed by atoms with van der Waals surface area (Å²) in [6.07, 6.45) is 0. The molecule has 286 valence electrons. The fourth-order valence-electron chi connectivity index (χ4n) is 8.78. The van der Waals surface area contributed by atoms with E-state index in [9.17, 15) is 0 Å². The molecular formula is C56H35N3OS. The van der Waals surface area contributed by atoms with Crippen molar-refractivity contribution in [3.05, 3.63) is 212 Å². The van der Waals surface area contributed by atoms with Crippen LogP contribution < -0.4 is 4.90 Å². The Labute approximate surface area is 356 Å². The Bertz CT molecular complexity index is 3590. The number of fused-ring (bicyclic) bond motifs is 7. The SMILES string of the molecule is c1ccc(-c2ccc(N(c3cc(-c4nc(-c5ccc6ccccc6c5)c5sc6ccccc6c5n4)c4c(c3)oc3ccccc34)c3ccccc3-c3ccccc3)cc2)cc1. The van der Waals surface area contributed by atoms with Crippen LogP contribution in [0.1, 0.15) is 0 Å². The van der Waals surface area contributed by atoms with Gasteiger partial charge in [-0.2, -0.15) is 0 Å². The molecule has 0 radical (unpaired) electrons. The van der Waals surface area contributed by atoms with E-state index >= 15 is 0 Å². The topological polar surface area (TPSA) is 42.2 Å². The van der Waals surface area contributed by atoms with Crippen molar-refractivity contribution in [1.29, 1.82) is 0 Å². The molecule has 5 heteroatoms. The molecule has 0 spiro atoms. The maximum absolute atomic E-state index is 6.79. The molecule has 9 aromatic carbocycles. The van der Waals surface area contributed by atoms with E-state index in [1.54, 1.807) is 11.3 Å². The number of nitrogens with zero attached hydrogens (tertiary/aromatic N) is 3. The molecule has 0 saturated heterocycles. The van der Waals surface area contributed by atoms with E-state index in [2.05, 4.69) is 205 Å². The van der Waals surface area contributed by atoms with E-state index in [1.807, 2.05) is 12.1 Å². The maximum Gasteiger partial charge on any atom is 0.161 e. The van der Waals surface area contributed by atoms with Gasteiger partial charge in [-0.1, -0.05) is 164 Å². The third-order valence-electron chi connectivity index (χ3n) is 11.7. The van der Waals surface area contributed by atoms with Crippen molar-refractivity contribution in [3.63, 3.8) is 0 Å². The highest BCUT2D eigenvalue weighted by Gasteiger charge is 2.24. The van der Waals surface area contributed by atoms with Gasteiger partial charge < -0.3 is 9.32 Å². The molecule has 0 amide bonds. The molecule has 0 unspecified atom stereocenters. The quantitative estimate of drug-likeness (QED) is 0.161. The molecule has 3 heterocycles. The first-order chi connectivity index (χ1) is 30.2. The first kappa shape index (κ1) is 35.1. The molecule has 0 aliphatic carbocycles. The maximum atomic E-state index is 6.79. The van der Waals surface area contributed by atoms with E-state index in [0.717, 1.165) is 88.1 Å². The number of hydrogen-bond acceptors (Lipinski definition) is 5. The molecule has 4 nitrogen and oxygen atoms in total. The smallest absolute Gasteiger partial charge is 0.161 e. The van der Waals surface area contributed by atoms with Crippen LogP contribution in [0.2, 0.25) is 0 Å². The fourth-order valence-corrected chi connectivity index (χ4v) is 9.93. The Morgan fingerprint density at radius 2 is 1.08 bits per heavy atom. The summed E-state index contributed by atoms with van der Waals surface area (Å²) < 4.78 is 9.05. The minimum absolute atomic E-state index is 0.647. The Kier molecular flexibility index (Phi) is 8.32. The number of para-hydroxylation sites is 2. The van der Waals surface area contributed by atoms with Gasteiger partial charge in [0, 0.05) is 49.3 Å². The zero-order valence-corrected chi connectivity index (χ0v) is 33.7. The second-order valence-corrected chi connectivity index (χ2v) is 16.4. The second-order valence-electron chi connectivity index (χ2n) is 15.3. The summed E-state index contributed by atoms with van der Waals surface area (Å²) in [5.41, 5.74) is 13.0. The van der Waals surface area contributed by atoms with Crippen molar-refractivity contribution in [2.24, 2.45) is 0 Å². The molecule has 12 aromatic rings. The monoisotopic (exact) mass is 797 g/mol. The van der Waals surface area contributed by atoms with Gasteiger partial charge >= 0.3 is 0 Å². The number of rotatable bonds is 7. The lowest BCUT2D eigenvalue weighted by atomic mass is 9.99. The van der Waals surface area contributed by atoms with Crippen molar-refractivity contribution < 1.29 is 4.42 Å². The van der Waals surface area contributed by atoms with Crippen LogP contribution >= 0.6 is 11.3 Å². The lowest BCUT2D eigenvalue weighted by Crippen LogP contribution is -2.11. The normalized spacial score (nSPS) is 11.6. The van der Waals surface area contributed by atoms with Gasteiger partial charge in [-0.25, -0.2) is 9.97 Å². The summed E-state index contributed by atoms with van der Waals surface area (Å²) in [6.45, 7) is 0. The van der Waals surface area contributed by atoms with Crippen molar-refractivity contribution >= 4 is 81.4 Å². The van der Waals surface area contributed by atoms with Crippen molar-refractivity contribution in [2.75, 3.05) is 4.90 Å². The molecule has 0 aliphatic heterocycles. The van der Waals surface area contributed by atoms with Crippen LogP contribution in [0, 0.1) is 0 Å². The zero-order chi connectivity index (χ0) is 40.3. The van der Waals surface area contributed by atoms with Gasteiger partial charge in [0.2, 0.25) is 0 Å². The lowest BCUT2D eigenvalue weighted by molar-refractivity contribution is 0.669. The number of hydrogen-bond donors (Lipinski definition) is 0. The minimum Gasteiger partial charge on any atom is -0.456 e. The van der Waals surface area contributed by atoms with Gasteiger partial charge in [-0.05, 0) is 69.9 Å². The Morgan fingerprint density at radius 3 is 1.92 bits per heavy atom. The van der Waals surface area contributed by atoms with Crippen LogP contribution in [0.5, 0.6) is 0 Å². The second kappa shape index (κ2) is 14.5. The third kappa shape index (κ3) is 6.05. The van der Waals surface area contributed by atoms with Crippen LogP contribution in [-0.2, 0) is 0 Å². The predicted molar refractivity (Wildman–Crippen MR) is 256 cm³/mol. The van der Waals surface area contributed by atoms with Crippen LogP contribution in [0.15, 0.2) is 217 Å². The van der Waals surface area contributed by atoms with Crippen LogP contribution in [-0.4, -0.2) is 9.97 Å². The molecule has 0 saturated carbocycles. The van der Waals surface area contributed by atoms with Crippen molar-refractivity contribution in [2.45, 2.75) is 0 Å². The van der Waals surface area contributed by atoms with Gasteiger partial charge in [0.15, 0.2) is 5.82 Å². The van der Waals surface area contributed by atoms with Gasteiger partial charge in [0.05, 0.1) is 27.3 Å². The molecule has 61 heavy (non-hydrogen) atoms. The highest BCUT2D eigenvalue weighted by molar-refractivity contribution is 7.26. The van der Waals surface area contributed by atoms with Crippen molar-refractivity contribution in [1.82, 2.24) is 9.97 Å². The Hall–Kier alpha value is -7.86. The molecule has 0 bridgehead atoms. The summed E-state index contributed by atoms with van der Waals surface area (Å²) in [6, 6.07) is 75.0. The molecule has 0 N–H and O–H groups in total. The number of thiophene rings is 1. The Morgan fingerprint density at radius 1 is 0.426 bits per heavy atom. The van der Waals surface area contributed by atoms with Crippen molar-refractivity contribution in [3.8, 4) is 44.9 Å². The fraction of sp³-hybridized carbons (Fsp3) is 0. The third-order valence-corrected chi connectivity index (χ3v) is 12.8. The molecule has 0 atom stereocenters. The summed E-state index contributed by atoms with van der Waals surface area (Å²) in [7, 11) is 0. The highest BCUT2D eigenvalue weighted by Crippen LogP contribution is 2.47. The van der Waals surface area contributed by atoms with Gasteiger partial charge in [0.1, 0.15) is 11.2 Å². The van der Waals surface area contributed by atoms with Gasteiger partial charge in [0.25, 0.3) is 0 Å². The van der Waals surface area contributed by atoms with E-state index in [0.29, 0.717) is 5.82 Å². The number of furan rings is 1. The van der Waals surface area contributed by atoms with E-state index in [4.69, 9.17) is 14.4 Å². The molecule has 0 fully saturated rings. The lowest BCUT2D eigenvalue weighted by Gasteiger charge is -2.28. The minimum atomic E-state index is 0.647. The summed E-state index contributed by atoms with van der Waals surface area (Å²) in [5, 5.41) is 5.49. The van der Waals surface area contributed by atoms with Gasteiger partial charge in [-0.15, -0.1) is 11.3 Å². The molecule has 3 aromatic heterocycles. The number of anilines is 3. The summed E-state index contributed by atoms with van der Waals surface area (Å²) in [4.78, 5) is 13.4. The average Bonchev–Trinajstić information content (AvgIpc) is 3.90. The van der Waals surface area contributed by atoms with E-state index < -0.39 is 0 Å². The number of aromatic nitrogens is 2. The summed E-state index contributed by atoms with van der Waals surface area (Å²) in [5.74, 6) is 0.647. The first-order valence-corrected chi connectivity index (χ1v) is 21.3. The van der Waals surface area contributed by atoms with E-state index in [-0.39, 0.29) is 0 Å². The molecular weight excluding hydrogens is 763 g/mol. The van der Waals surface area contributed by atoms with E-state index in [1.165, 1.54) is 21.0 Å². The Balaban J connectivity index is 1.15. The van der Waals surface area contributed by atoms with Crippen LogP contribution in [0.3, 0.4) is 0 Å². The average molecular weight is 798 g/mol. The summed E-state index contributed by atoms with van der Waals surface area (Å²) >= 11 is 1.75. The largest absolute Gasteiger partial charge is 0.456 e. The zero-order valence-electron chi connectivity index (χ0n) is 32.9. The van der Waals surface area contributed by atoms with Crippen LogP contribution in [0.4, 0.5) is 17.1 Å².